The van der Waals surface area contributed by atoms with E-state index in [0.29, 0.717) is 17.3 Å². The molecule has 0 unspecified atom stereocenters. The van der Waals surface area contributed by atoms with Crippen LogP contribution >= 0.6 is 0 Å². The number of fused-ring (bicyclic) bond motifs is 1. The van der Waals surface area contributed by atoms with E-state index in [-0.39, 0.29) is 11.9 Å². The second-order valence-corrected chi connectivity index (χ2v) is 7.76. The van der Waals surface area contributed by atoms with Gasteiger partial charge in [0.15, 0.2) is 0 Å². The fraction of sp³-hybridized carbons (Fsp3) is 0.192. The Morgan fingerprint density at radius 2 is 1.79 bits per heavy atom. The van der Waals surface area contributed by atoms with Crippen LogP contribution in [0.4, 0.5) is 11.7 Å². The first-order valence-corrected chi connectivity index (χ1v) is 10.6. The van der Waals surface area contributed by atoms with Gasteiger partial charge in [0, 0.05) is 19.2 Å². The lowest BCUT2D eigenvalue weighted by molar-refractivity contribution is -0.119. The Hall–Kier alpha value is -4.13. The van der Waals surface area contributed by atoms with Crippen LogP contribution in [0.5, 0.6) is 5.75 Å². The second-order valence-electron chi connectivity index (χ2n) is 7.76. The van der Waals surface area contributed by atoms with E-state index >= 15 is 0 Å². The van der Waals surface area contributed by atoms with Crippen molar-refractivity contribution in [1.29, 1.82) is 0 Å². The Morgan fingerprint density at radius 3 is 2.48 bits per heavy atom. The maximum absolute atomic E-state index is 13.5. The number of likely N-dealkylation sites (N-methyl/N-ethyl adjacent to an activating group) is 1. The molecule has 1 heterocycles. The number of nitrogens with one attached hydrogen (secondary N) is 1. The molecule has 7 heteroatoms. The van der Waals surface area contributed by atoms with Gasteiger partial charge in [-0.2, -0.15) is 4.98 Å². The molecular weight excluding hydrogens is 418 g/mol. The molecule has 1 aromatic heterocycles. The van der Waals surface area contributed by atoms with Gasteiger partial charge in [0.1, 0.15) is 11.8 Å². The van der Waals surface area contributed by atoms with Gasteiger partial charge in [0.2, 0.25) is 5.91 Å². The minimum absolute atomic E-state index is 0.00595. The smallest absolute Gasteiger partial charge is 0.348 e. The van der Waals surface area contributed by atoms with Crippen molar-refractivity contribution in [2.24, 2.45) is 0 Å². The van der Waals surface area contributed by atoms with Gasteiger partial charge in [-0.05, 0) is 48.4 Å². The molecule has 0 aliphatic heterocycles. The highest BCUT2D eigenvalue weighted by Crippen LogP contribution is 2.20. The van der Waals surface area contributed by atoms with Gasteiger partial charge in [-0.15, -0.1) is 0 Å². The van der Waals surface area contributed by atoms with Crippen molar-refractivity contribution < 1.29 is 13.9 Å². The third-order valence-corrected chi connectivity index (χ3v) is 5.54. The van der Waals surface area contributed by atoms with E-state index in [4.69, 9.17) is 9.15 Å². The molecule has 0 saturated carbocycles. The monoisotopic (exact) mass is 443 g/mol. The Kier molecular flexibility index (Phi) is 6.40. The van der Waals surface area contributed by atoms with Crippen LogP contribution in [0.1, 0.15) is 11.1 Å². The molecule has 4 rings (SSSR count). The van der Waals surface area contributed by atoms with Gasteiger partial charge in [-0.3, -0.25) is 4.79 Å². The molecule has 0 aliphatic carbocycles. The fourth-order valence-electron chi connectivity index (χ4n) is 3.70. The van der Waals surface area contributed by atoms with E-state index in [1.54, 1.807) is 25.1 Å². The number of hydrogen-bond donors (Lipinski definition) is 1. The van der Waals surface area contributed by atoms with Crippen molar-refractivity contribution in [2.45, 2.75) is 19.4 Å². The lowest BCUT2D eigenvalue weighted by Gasteiger charge is -2.24. The number of carbonyl (C=O) groups is 1. The molecule has 0 fully saturated rings. The zero-order chi connectivity index (χ0) is 23.4. The Balaban J connectivity index is 1.68. The Morgan fingerprint density at radius 1 is 1.06 bits per heavy atom. The Bertz CT molecular complexity index is 1320. The average Bonchev–Trinajstić information content (AvgIpc) is 2.83. The van der Waals surface area contributed by atoms with Crippen molar-refractivity contribution in [3.8, 4) is 5.75 Å². The number of anilines is 2. The molecule has 168 valence electrons. The van der Waals surface area contributed by atoms with Crippen molar-refractivity contribution in [3.05, 3.63) is 94.3 Å². The van der Waals surface area contributed by atoms with Crippen molar-refractivity contribution >= 4 is 28.5 Å². The Labute approximate surface area is 191 Å². The average molecular weight is 444 g/mol. The second kappa shape index (κ2) is 9.56. The van der Waals surface area contributed by atoms with Crippen molar-refractivity contribution in [3.63, 3.8) is 0 Å². The highest BCUT2D eigenvalue weighted by atomic mass is 16.5. The number of aromatic nitrogens is 1. The van der Waals surface area contributed by atoms with Gasteiger partial charge in [-0.25, -0.2) is 4.79 Å². The molecule has 1 atom stereocenters. The normalized spacial score (nSPS) is 11.7. The number of carbonyl (C=O) groups excluding carboxylic acids is 1. The summed E-state index contributed by atoms with van der Waals surface area (Å²) in [6, 6.07) is 21.5. The summed E-state index contributed by atoms with van der Waals surface area (Å²) in [5, 5.41) is 3.49. The number of aryl methyl sites for hydroxylation is 1. The van der Waals surface area contributed by atoms with Gasteiger partial charge in [-0.1, -0.05) is 42.5 Å². The largest absolute Gasteiger partial charge is 0.497 e. The molecular formula is C26H25N3O4. The topological polar surface area (TPSA) is 84.7 Å². The first-order chi connectivity index (χ1) is 16.0. The number of methoxy groups -OCH3 is 1. The lowest BCUT2D eigenvalue weighted by atomic mass is 10.0. The summed E-state index contributed by atoms with van der Waals surface area (Å²) in [7, 11) is 3.32. The molecule has 0 saturated heterocycles. The van der Waals surface area contributed by atoms with Crippen molar-refractivity contribution in [2.75, 3.05) is 24.4 Å². The molecule has 33 heavy (non-hydrogen) atoms. The summed E-state index contributed by atoms with van der Waals surface area (Å²) in [6.07, 6.45) is 0.358. The SMILES string of the molecule is COc1ccc(C[C@H](Nc2nc3cccc(C)c3c(=O)o2)C(=O)N(C)c2ccccc2)cc1. The molecule has 0 bridgehead atoms. The summed E-state index contributed by atoms with van der Waals surface area (Å²) in [4.78, 5) is 32.1. The maximum atomic E-state index is 13.5. The van der Waals surface area contributed by atoms with Crippen LogP contribution in [0, 0.1) is 6.92 Å². The van der Waals surface area contributed by atoms with E-state index in [1.807, 2.05) is 73.7 Å². The van der Waals surface area contributed by atoms with Crippen molar-refractivity contribution in [1.82, 2.24) is 4.98 Å². The molecule has 0 spiro atoms. The number of benzene rings is 3. The summed E-state index contributed by atoms with van der Waals surface area (Å²) >= 11 is 0. The summed E-state index contributed by atoms with van der Waals surface area (Å²) in [6.45, 7) is 1.83. The van der Waals surface area contributed by atoms with Gasteiger partial charge >= 0.3 is 5.63 Å². The molecule has 7 nitrogen and oxygen atoms in total. The number of amides is 1. The predicted molar refractivity (Wildman–Crippen MR) is 129 cm³/mol. The number of hydrogen-bond acceptors (Lipinski definition) is 6. The third-order valence-electron chi connectivity index (χ3n) is 5.54. The van der Waals surface area contributed by atoms with Crippen LogP contribution in [0.3, 0.4) is 0 Å². The van der Waals surface area contributed by atoms with E-state index < -0.39 is 11.7 Å². The lowest BCUT2D eigenvalue weighted by Crippen LogP contribution is -2.42. The number of para-hydroxylation sites is 1. The third kappa shape index (κ3) is 4.87. The first kappa shape index (κ1) is 22.1. The molecule has 0 radical (unpaired) electrons. The van der Waals surface area contributed by atoms with Gasteiger partial charge in [0.05, 0.1) is 18.0 Å². The summed E-state index contributed by atoms with van der Waals surface area (Å²) in [5.74, 6) is 0.541. The molecule has 1 N–H and O–H groups in total. The van der Waals surface area contributed by atoms with Crippen LogP contribution in [0.25, 0.3) is 10.9 Å². The van der Waals surface area contributed by atoms with Gasteiger partial charge in [0.25, 0.3) is 6.01 Å². The molecule has 1 amide bonds. The van der Waals surface area contributed by atoms with Gasteiger partial charge < -0.3 is 19.4 Å². The standard InChI is InChI=1S/C26H25N3O4/c1-17-8-7-11-21-23(17)25(31)33-26(27-21)28-22(16-18-12-14-20(32-3)15-13-18)24(30)29(2)19-9-5-4-6-10-19/h4-15,22H,16H2,1-3H3,(H,27,28)/t22-/m0/s1. The zero-order valence-corrected chi connectivity index (χ0v) is 18.7. The molecule has 3 aromatic carbocycles. The van der Waals surface area contributed by atoms with E-state index in [0.717, 1.165) is 22.6 Å². The number of nitrogens with zero attached hydrogens (tertiary/aromatic N) is 2. The highest BCUT2D eigenvalue weighted by Gasteiger charge is 2.25. The minimum atomic E-state index is -0.721. The summed E-state index contributed by atoms with van der Waals surface area (Å²) in [5.41, 5.74) is 2.48. The van der Waals surface area contributed by atoms with Crippen LogP contribution < -0.4 is 20.6 Å². The maximum Gasteiger partial charge on any atom is 0.348 e. The zero-order valence-electron chi connectivity index (χ0n) is 18.7. The fourth-order valence-corrected chi connectivity index (χ4v) is 3.70. The number of rotatable bonds is 7. The molecule has 0 aliphatic rings. The van der Waals surface area contributed by atoms with Crippen LogP contribution in [0.15, 0.2) is 82.0 Å². The van der Waals surface area contributed by atoms with Crippen LogP contribution in [-0.2, 0) is 11.2 Å². The van der Waals surface area contributed by atoms with E-state index in [1.165, 1.54) is 0 Å². The van der Waals surface area contributed by atoms with Crippen LogP contribution in [0.2, 0.25) is 0 Å². The number of ether oxygens (including phenoxy) is 1. The van der Waals surface area contributed by atoms with E-state index in [2.05, 4.69) is 10.3 Å². The molecule has 4 aromatic rings. The van der Waals surface area contributed by atoms with Crippen LogP contribution in [-0.4, -0.2) is 31.1 Å². The minimum Gasteiger partial charge on any atom is -0.497 e. The highest BCUT2D eigenvalue weighted by molar-refractivity contribution is 5.98. The van der Waals surface area contributed by atoms with E-state index in [9.17, 15) is 9.59 Å². The summed E-state index contributed by atoms with van der Waals surface area (Å²) < 4.78 is 10.7. The predicted octanol–water partition coefficient (Wildman–Crippen LogP) is 4.19. The quantitative estimate of drug-likeness (QED) is 0.461. The first-order valence-electron chi connectivity index (χ1n) is 10.6.